The number of hydrogen-bond donors (Lipinski definition) is 0. The SMILES string of the molecule is Cn1c2cnccc2n2c3[n+](cc12)Cc1cccnc1-3. The van der Waals surface area contributed by atoms with Crippen LogP contribution in [0.1, 0.15) is 5.56 Å². The van der Waals surface area contributed by atoms with Crippen LogP contribution in [-0.2, 0) is 13.6 Å². The van der Waals surface area contributed by atoms with Crippen molar-refractivity contribution in [2.24, 2.45) is 7.05 Å². The molecule has 5 heterocycles. The van der Waals surface area contributed by atoms with Crippen molar-refractivity contribution < 1.29 is 4.57 Å². The van der Waals surface area contributed by atoms with Crippen molar-refractivity contribution in [1.29, 1.82) is 0 Å². The topological polar surface area (TPSA) is 39.0 Å². The zero-order valence-electron chi connectivity index (χ0n) is 11.0. The zero-order valence-corrected chi connectivity index (χ0v) is 11.0. The highest BCUT2D eigenvalue weighted by Gasteiger charge is 2.33. The normalized spacial score (nSPS) is 13.1. The lowest BCUT2D eigenvalue weighted by Crippen LogP contribution is -2.29. The number of rotatable bonds is 0. The minimum absolute atomic E-state index is 0.896. The second kappa shape index (κ2) is 3.25. The molecule has 96 valence electrons. The summed E-state index contributed by atoms with van der Waals surface area (Å²) in [5.41, 5.74) is 5.83. The molecule has 0 spiro atoms. The smallest absolute Gasteiger partial charge is 0.303 e. The molecule has 1 aliphatic rings. The van der Waals surface area contributed by atoms with Crippen molar-refractivity contribution in [2.75, 3.05) is 0 Å². The Morgan fingerprint density at radius 3 is 3.10 bits per heavy atom. The molecule has 0 saturated carbocycles. The van der Waals surface area contributed by atoms with E-state index in [1.54, 1.807) is 0 Å². The van der Waals surface area contributed by atoms with Gasteiger partial charge in [0.05, 0.1) is 6.20 Å². The van der Waals surface area contributed by atoms with Crippen LogP contribution in [0.25, 0.3) is 28.2 Å². The molecule has 0 aliphatic carbocycles. The summed E-state index contributed by atoms with van der Waals surface area (Å²) in [5, 5.41) is 0. The largest absolute Gasteiger partial charge is 0.315 e. The summed E-state index contributed by atoms with van der Waals surface area (Å²) in [6, 6.07) is 6.21. The van der Waals surface area contributed by atoms with E-state index in [2.05, 4.69) is 48.9 Å². The van der Waals surface area contributed by atoms with E-state index >= 15 is 0 Å². The van der Waals surface area contributed by atoms with E-state index < -0.39 is 0 Å². The van der Waals surface area contributed by atoms with Crippen LogP contribution < -0.4 is 4.57 Å². The van der Waals surface area contributed by atoms with Crippen LogP contribution in [0.2, 0.25) is 0 Å². The van der Waals surface area contributed by atoms with E-state index in [9.17, 15) is 0 Å². The van der Waals surface area contributed by atoms with Gasteiger partial charge in [0.25, 0.3) is 0 Å². The molecule has 0 N–H and O–H groups in total. The van der Waals surface area contributed by atoms with Crippen LogP contribution in [0.15, 0.2) is 43.0 Å². The minimum Gasteiger partial charge on any atom is -0.303 e. The summed E-state index contributed by atoms with van der Waals surface area (Å²) in [4.78, 5) is 8.80. The van der Waals surface area contributed by atoms with Crippen molar-refractivity contribution in [3.05, 3.63) is 48.5 Å². The molecule has 0 fully saturated rings. The Bertz CT molecular complexity index is 992. The molecular weight excluding hydrogens is 250 g/mol. The standard InChI is InChI=1S/C15H12N5/c1-18-12-7-16-6-4-11(12)20-13(18)9-19-8-10-3-2-5-17-14(10)15(19)20/h2-7,9H,8H2,1H3/q+1. The van der Waals surface area contributed by atoms with Crippen LogP contribution >= 0.6 is 0 Å². The van der Waals surface area contributed by atoms with E-state index in [1.807, 2.05) is 24.7 Å². The molecule has 5 rings (SSSR count). The number of fused-ring (bicyclic) bond motifs is 7. The number of aromatic nitrogens is 5. The maximum Gasteiger partial charge on any atom is 0.315 e. The van der Waals surface area contributed by atoms with Gasteiger partial charge in [-0.2, -0.15) is 4.40 Å². The fourth-order valence-corrected chi connectivity index (χ4v) is 3.23. The number of imidazole rings is 2. The number of aryl methyl sites for hydroxylation is 1. The van der Waals surface area contributed by atoms with Gasteiger partial charge >= 0.3 is 5.82 Å². The molecule has 5 heteroatoms. The summed E-state index contributed by atoms with van der Waals surface area (Å²) in [6.07, 6.45) is 7.80. The Kier molecular flexibility index (Phi) is 1.65. The predicted molar refractivity (Wildman–Crippen MR) is 74.2 cm³/mol. The highest BCUT2D eigenvalue weighted by atomic mass is 15.2. The molecule has 1 aliphatic heterocycles. The first kappa shape index (κ1) is 10.1. The molecule has 0 atom stereocenters. The maximum absolute atomic E-state index is 4.57. The molecule has 4 aromatic heterocycles. The molecule has 0 radical (unpaired) electrons. The minimum atomic E-state index is 0.896. The average Bonchev–Trinajstić information content (AvgIpc) is 3.08. The first-order chi connectivity index (χ1) is 9.84. The molecule has 0 saturated heterocycles. The van der Waals surface area contributed by atoms with Gasteiger partial charge in [0.2, 0.25) is 5.65 Å². The van der Waals surface area contributed by atoms with Crippen LogP contribution in [0.4, 0.5) is 0 Å². The van der Waals surface area contributed by atoms with Crippen molar-refractivity contribution >= 4 is 16.7 Å². The lowest BCUT2D eigenvalue weighted by molar-refractivity contribution is -0.670. The number of hydrogen-bond acceptors (Lipinski definition) is 2. The molecular formula is C15H12N5+. The zero-order chi connectivity index (χ0) is 13.3. The van der Waals surface area contributed by atoms with Crippen molar-refractivity contribution in [2.45, 2.75) is 6.54 Å². The second-order valence-corrected chi connectivity index (χ2v) is 5.21. The van der Waals surface area contributed by atoms with Gasteiger partial charge in [-0.25, -0.2) is 9.55 Å². The fourth-order valence-electron chi connectivity index (χ4n) is 3.23. The summed E-state index contributed by atoms with van der Waals surface area (Å²) in [5.74, 6) is 1.16. The van der Waals surface area contributed by atoms with Gasteiger partial charge in [-0.3, -0.25) is 4.98 Å². The molecule has 0 aromatic carbocycles. The van der Waals surface area contributed by atoms with Crippen molar-refractivity contribution in [3.63, 3.8) is 0 Å². The van der Waals surface area contributed by atoms with Crippen LogP contribution in [0.3, 0.4) is 0 Å². The van der Waals surface area contributed by atoms with Crippen LogP contribution in [0.5, 0.6) is 0 Å². The van der Waals surface area contributed by atoms with Gasteiger partial charge in [0.15, 0.2) is 17.4 Å². The Hall–Kier alpha value is -2.69. The Morgan fingerprint density at radius 2 is 2.15 bits per heavy atom. The van der Waals surface area contributed by atoms with Crippen molar-refractivity contribution in [3.8, 4) is 11.5 Å². The predicted octanol–water partition coefficient (Wildman–Crippen LogP) is 1.54. The Balaban J connectivity index is 2.03. The summed E-state index contributed by atoms with van der Waals surface area (Å²) in [6.45, 7) is 0.896. The quantitative estimate of drug-likeness (QED) is 0.397. The first-order valence-electron chi connectivity index (χ1n) is 6.62. The molecule has 0 amide bonds. The van der Waals surface area contributed by atoms with Gasteiger partial charge in [-0.05, 0) is 6.07 Å². The van der Waals surface area contributed by atoms with E-state index in [-0.39, 0.29) is 0 Å². The lowest BCUT2D eigenvalue weighted by Gasteiger charge is -1.91. The van der Waals surface area contributed by atoms with E-state index in [0.29, 0.717) is 0 Å². The third kappa shape index (κ3) is 1.02. The van der Waals surface area contributed by atoms with Gasteiger partial charge in [-0.15, -0.1) is 0 Å². The Morgan fingerprint density at radius 1 is 1.20 bits per heavy atom. The monoisotopic (exact) mass is 262 g/mol. The van der Waals surface area contributed by atoms with Crippen LogP contribution in [0, 0.1) is 0 Å². The molecule has 0 bridgehead atoms. The Labute approximate surface area is 114 Å². The van der Waals surface area contributed by atoms with E-state index in [0.717, 1.165) is 23.6 Å². The highest BCUT2D eigenvalue weighted by Crippen LogP contribution is 2.29. The highest BCUT2D eigenvalue weighted by molar-refractivity contribution is 5.83. The van der Waals surface area contributed by atoms with Gasteiger partial charge in [0, 0.05) is 31.1 Å². The molecule has 5 nitrogen and oxygen atoms in total. The first-order valence-corrected chi connectivity index (χ1v) is 6.62. The second-order valence-electron chi connectivity index (χ2n) is 5.21. The summed E-state index contributed by atoms with van der Waals surface area (Å²) >= 11 is 0. The molecule has 0 unspecified atom stereocenters. The summed E-state index contributed by atoms with van der Waals surface area (Å²) < 4.78 is 6.72. The molecule has 20 heavy (non-hydrogen) atoms. The number of pyridine rings is 2. The fraction of sp³-hybridized carbons (Fsp3) is 0.133. The number of nitrogens with zero attached hydrogens (tertiary/aromatic N) is 5. The van der Waals surface area contributed by atoms with Gasteiger partial charge < -0.3 is 4.57 Å². The third-order valence-electron chi connectivity index (χ3n) is 4.15. The maximum atomic E-state index is 4.57. The van der Waals surface area contributed by atoms with E-state index in [4.69, 9.17) is 0 Å². The van der Waals surface area contributed by atoms with Gasteiger partial charge in [-0.1, -0.05) is 6.07 Å². The lowest BCUT2D eigenvalue weighted by atomic mass is 10.2. The van der Waals surface area contributed by atoms with E-state index in [1.165, 1.54) is 16.7 Å². The molecule has 4 aromatic rings. The van der Waals surface area contributed by atoms with Crippen LogP contribution in [-0.4, -0.2) is 18.9 Å². The average molecular weight is 262 g/mol. The summed E-state index contributed by atoms with van der Waals surface area (Å²) in [7, 11) is 2.08. The van der Waals surface area contributed by atoms with Gasteiger partial charge in [0.1, 0.15) is 12.1 Å². The third-order valence-corrected chi connectivity index (χ3v) is 4.15. The van der Waals surface area contributed by atoms with Crippen molar-refractivity contribution in [1.82, 2.24) is 18.9 Å².